The number of carbonyl (C=O) groups is 1. The van der Waals surface area contributed by atoms with Gasteiger partial charge in [0.15, 0.2) is 5.13 Å². The van der Waals surface area contributed by atoms with Crippen LogP contribution in [0.4, 0.5) is 11.1 Å². The van der Waals surface area contributed by atoms with Crippen molar-refractivity contribution in [3.05, 3.63) is 60.2 Å². The molecule has 2 aromatic carbocycles. The summed E-state index contributed by atoms with van der Waals surface area (Å²) in [5.74, 6) is 0.431. The summed E-state index contributed by atoms with van der Waals surface area (Å²) in [4.78, 5) is 20.8. The monoisotopic (exact) mass is 423 g/mol. The number of hydrogen-bond acceptors (Lipinski definition) is 8. The van der Waals surface area contributed by atoms with Crippen molar-refractivity contribution < 1.29 is 4.79 Å². The molecular weight excluding hydrogens is 406 g/mol. The molecule has 3 N–H and O–H groups in total. The summed E-state index contributed by atoms with van der Waals surface area (Å²) in [5, 5.41) is 15.0. The van der Waals surface area contributed by atoms with Gasteiger partial charge in [-0.3, -0.25) is 4.79 Å². The summed E-state index contributed by atoms with van der Waals surface area (Å²) in [7, 11) is 0. The molecule has 0 fully saturated rings. The second kappa shape index (κ2) is 8.84. The number of nitrogens with zero attached hydrogens (tertiary/aromatic N) is 4. The average Bonchev–Trinajstić information content (AvgIpc) is 3.37. The largest absolute Gasteiger partial charge is 0.301 e. The first-order chi connectivity index (χ1) is 14.2. The fourth-order valence-corrected chi connectivity index (χ4v) is 3.93. The van der Waals surface area contributed by atoms with Crippen molar-refractivity contribution in [1.29, 1.82) is 0 Å². The molecule has 0 saturated heterocycles. The minimum Gasteiger partial charge on any atom is -0.301 e. The minimum atomic E-state index is -0.161. The lowest BCUT2D eigenvalue weighted by Gasteiger charge is -2.00. The predicted molar refractivity (Wildman–Crippen MR) is 118 cm³/mol. The number of hydrogen-bond donors (Lipinski definition) is 3. The molecule has 29 heavy (non-hydrogen) atoms. The van der Waals surface area contributed by atoms with Gasteiger partial charge in [0, 0.05) is 0 Å². The number of thioether (sulfide) groups is 1. The molecule has 1 amide bonds. The van der Waals surface area contributed by atoms with Crippen molar-refractivity contribution in [3.63, 3.8) is 0 Å². The van der Waals surface area contributed by atoms with Crippen LogP contribution in [0.3, 0.4) is 0 Å². The van der Waals surface area contributed by atoms with Gasteiger partial charge in [0.25, 0.3) is 0 Å². The number of para-hydroxylation sites is 1. The van der Waals surface area contributed by atoms with Gasteiger partial charge in [-0.05, 0) is 24.6 Å². The molecule has 0 radical (unpaired) electrons. The van der Waals surface area contributed by atoms with Gasteiger partial charge in [-0.1, -0.05) is 65.6 Å². The Morgan fingerprint density at radius 1 is 1.14 bits per heavy atom. The van der Waals surface area contributed by atoms with Gasteiger partial charge in [-0.25, -0.2) is 15.5 Å². The number of fused-ring (bicyclic) bond motifs is 1. The van der Waals surface area contributed by atoms with Crippen molar-refractivity contribution in [1.82, 2.24) is 20.2 Å². The third-order valence-corrected chi connectivity index (χ3v) is 5.66. The van der Waals surface area contributed by atoms with Gasteiger partial charge in [-0.15, -0.1) is 5.10 Å². The van der Waals surface area contributed by atoms with E-state index in [1.165, 1.54) is 23.1 Å². The van der Waals surface area contributed by atoms with Crippen LogP contribution in [0, 0.1) is 0 Å². The number of rotatable bonds is 7. The molecule has 0 bridgehead atoms. The predicted octanol–water partition coefficient (Wildman–Crippen LogP) is 3.98. The Hall–Kier alpha value is -3.24. The Labute approximate surface area is 174 Å². The highest BCUT2D eigenvalue weighted by atomic mass is 32.2. The standard InChI is InChI=1S/C19H17N7OS2/c1-12(13-7-3-2-4-8-13)23-24-17-22-19(26-25-17)28-11-16(27)21-18-20-14-9-5-6-10-15(14)29-18/h2-10H,11H2,1H3,(H,20,21,27)(H2,22,24,25,26)/b23-12-. The summed E-state index contributed by atoms with van der Waals surface area (Å²) in [5.41, 5.74) is 5.55. The van der Waals surface area contributed by atoms with Gasteiger partial charge < -0.3 is 5.32 Å². The molecular formula is C19H17N7OS2. The molecule has 0 aliphatic carbocycles. The molecule has 8 nitrogen and oxygen atoms in total. The van der Waals surface area contributed by atoms with E-state index in [2.05, 4.69) is 36.0 Å². The number of aromatic nitrogens is 4. The van der Waals surface area contributed by atoms with Gasteiger partial charge in [-0.2, -0.15) is 10.1 Å². The van der Waals surface area contributed by atoms with Crippen molar-refractivity contribution in [3.8, 4) is 0 Å². The zero-order chi connectivity index (χ0) is 20.1. The first kappa shape index (κ1) is 19.1. The highest BCUT2D eigenvalue weighted by Crippen LogP contribution is 2.25. The Bertz CT molecular complexity index is 1120. The molecule has 10 heteroatoms. The number of thiazole rings is 1. The van der Waals surface area contributed by atoms with E-state index in [4.69, 9.17) is 0 Å². The fraction of sp³-hybridized carbons (Fsp3) is 0.105. The van der Waals surface area contributed by atoms with E-state index in [-0.39, 0.29) is 11.7 Å². The van der Waals surface area contributed by atoms with Crippen molar-refractivity contribution in [2.24, 2.45) is 5.10 Å². The Morgan fingerprint density at radius 3 is 2.76 bits per heavy atom. The van der Waals surface area contributed by atoms with Crippen molar-refractivity contribution in [2.75, 3.05) is 16.5 Å². The molecule has 2 heterocycles. The highest BCUT2D eigenvalue weighted by molar-refractivity contribution is 7.99. The van der Waals surface area contributed by atoms with Gasteiger partial charge in [0.2, 0.25) is 17.0 Å². The number of amides is 1. The summed E-state index contributed by atoms with van der Waals surface area (Å²) in [6.07, 6.45) is 0. The molecule has 0 aliphatic rings. The Balaban J connectivity index is 1.29. The van der Waals surface area contributed by atoms with Gasteiger partial charge in [0.05, 0.1) is 21.7 Å². The van der Waals surface area contributed by atoms with Crippen LogP contribution in [0.2, 0.25) is 0 Å². The van der Waals surface area contributed by atoms with E-state index >= 15 is 0 Å². The van der Waals surface area contributed by atoms with Crippen LogP contribution in [-0.4, -0.2) is 37.5 Å². The second-order valence-corrected chi connectivity index (χ2v) is 7.94. The van der Waals surface area contributed by atoms with Gasteiger partial charge in [0.1, 0.15) is 0 Å². The molecule has 2 aromatic heterocycles. The van der Waals surface area contributed by atoms with Crippen LogP contribution in [0.25, 0.3) is 10.2 Å². The normalized spacial score (nSPS) is 11.6. The number of H-pyrrole nitrogens is 1. The molecule has 0 spiro atoms. The van der Waals surface area contributed by atoms with Crippen LogP contribution in [0.5, 0.6) is 0 Å². The van der Waals surface area contributed by atoms with Crippen LogP contribution in [0.1, 0.15) is 12.5 Å². The maximum absolute atomic E-state index is 12.2. The third-order valence-electron chi connectivity index (χ3n) is 3.86. The molecule has 4 rings (SSSR count). The zero-order valence-corrected chi connectivity index (χ0v) is 17.0. The summed E-state index contributed by atoms with van der Waals surface area (Å²) >= 11 is 2.67. The Morgan fingerprint density at radius 2 is 1.93 bits per heavy atom. The van der Waals surface area contributed by atoms with Crippen molar-refractivity contribution >= 4 is 56.0 Å². The molecule has 146 valence electrons. The highest BCUT2D eigenvalue weighted by Gasteiger charge is 2.10. The number of nitrogens with one attached hydrogen (secondary N) is 3. The second-order valence-electron chi connectivity index (χ2n) is 5.97. The smallest absolute Gasteiger partial charge is 0.240 e. The van der Waals surface area contributed by atoms with E-state index in [1.54, 1.807) is 0 Å². The first-order valence-electron chi connectivity index (χ1n) is 8.74. The quantitative estimate of drug-likeness (QED) is 0.236. The lowest BCUT2D eigenvalue weighted by Crippen LogP contribution is -2.13. The molecule has 0 aliphatic heterocycles. The van der Waals surface area contributed by atoms with E-state index in [1.807, 2.05) is 61.5 Å². The molecule has 0 unspecified atom stereocenters. The third kappa shape index (κ3) is 4.98. The first-order valence-corrected chi connectivity index (χ1v) is 10.5. The number of hydrazone groups is 1. The van der Waals surface area contributed by atoms with Crippen LogP contribution >= 0.6 is 23.1 Å². The number of benzene rings is 2. The lowest BCUT2D eigenvalue weighted by molar-refractivity contribution is -0.113. The number of anilines is 2. The van der Waals surface area contributed by atoms with E-state index in [0.29, 0.717) is 16.2 Å². The molecule has 0 saturated carbocycles. The van der Waals surface area contributed by atoms with E-state index < -0.39 is 0 Å². The maximum Gasteiger partial charge on any atom is 0.240 e. The summed E-state index contributed by atoms with van der Waals surface area (Å²) in [6, 6.07) is 17.6. The summed E-state index contributed by atoms with van der Waals surface area (Å²) < 4.78 is 1.03. The van der Waals surface area contributed by atoms with Crippen LogP contribution in [-0.2, 0) is 4.79 Å². The van der Waals surface area contributed by atoms with Crippen LogP contribution in [0.15, 0.2) is 64.9 Å². The van der Waals surface area contributed by atoms with Crippen molar-refractivity contribution in [2.45, 2.75) is 12.1 Å². The van der Waals surface area contributed by atoms with E-state index in [9.17, 15) is 4.79 Å². The minimum absolute atomic E-state index is 0.161. The van der Waals surface area contributed by atoms with Crippen LogP contribution < -0.4 is 10.7 Å². The number of aromatic amines is 1. The molecule has 4 aromatic rings. The SMILES string of the molecule is C/C(=N/Nc1nc(SCC(=O)Nc2nc3ccccc3s2)n[nH]1)c1ccccc1. The van der Waals surface area contributed by atoms with Gasteiger partial charge >= 0.3 is 0 Å². The summed E-state index contributed by atoms with van der Waals surface area (Å²) in [6.45, 7) is 1.90. The lowest BCUT2D eigenvalue weighted by atomic mass is 10.1. The molecule has 0 atom stereocenters. The average molecular weight is 424 g/mol. The Kier molecular flexibility index (Phi) is 5.82. The topological polar surface area (TPSA) is 108 Å². The maximum atomic E-state index is 12.2. The zero-order valence-electron chi connectivity index (χ0n) is 15.4. The number of carbonyl (C=O) groups excluding carboxylic acids is 1. The van der Waals surface area contributed by atoms with E-state index in [0.717, 1.165) is 21.5 Å². The fourth-order valence-electron chi connectivity index (χ4n) is 2.45.